The average Bonchev–Trinajstić information content (AvgIpc) is 3.00. The second-order valence-corrected chi connectivity index (χ2v) is 6.48. The lowest BCUT2D eigenvalue weighted by molar-refractivity contribution is 0.607. The van der Waals surface area contributed by atoms with Crippen molar-refractivity contribution in [1.82, 2.24) is 0 Å². The van der Waals surface area contributed by atoms with E-state index in [0.717, 1.165) is 30.0 Å². The van der Waals surface area contributed by atoms with Gasteiger partial charge in [-0.2, -0.15) is 0 Å². The fourth-order valence-electron chi connectivity index (χ4n) is 1.67. The zero-order chi connectivity index (χ0) is 12.5. The minimum Gasteiger partial charge on any atom is -0.385 e. The highest BCUT2D eigenvalue weighted by molar-refractivity contribution is 7.92. The van der Waals surface area contributed by atoms with E-state index in [1.165, 1.54) is 12.8 Å². The van der Waals surface area contributed by atoms with E-state index in [4.69, 9.17) is 0 Å². The van der Waals surface area contributed by atoms with Crippen LogP contribution in [0.5, 0.6) is 0 Å². The van der Waals surface area contributed by atoms with Crippen molar-refractivity contribution >= 4 is 21.4 Å². The van der Waals surface area contributed by atoms with Crippen LogP contribution in [0.1, 0.15) is 18.4 Å². The molecule has 0 aromatic heterocycles. The zero-order valence-electron chi connectivity index (χ0n) is 10.2. The first-order valence-corrected chi connectivity index (χ1v) is 7.65. The van der Waals surface area contributed by atoms with Crippen molar-refractivity contribution in [3.8, 4) is 0 Å². The first-order chi connectivity index (χ1) is 7.94. The number of benzene rings is 1. The molecule has 0 aliphatic heterocycles. The molecule has 2 N–H and O–H groups in total. The smallest absolute Gasteiger partial charge is 0.229 e. The van der Waals surface area contributed by atoms with Crippen molar-refractivity contribution in [1.29, 1.82) is 0 Å². The van der Waals surface area contributed by atoms with Gasteiger partial charge in [-0.3, -0.25) is 4.72 Å². The summed E-state index contributed by atoms with van der Waals surface area (Å²) in [7, 11) is -3.20. The van der Waals surface area contributed by atoms with Crippen molar-refractivity contribution in [2.45, 2.75) is 19.8 Å². The Morgan fingerprint density at radius 2 is 2.06 bits per heavy atom. The molecule has 0 spiro atoms. The van der Waals surface area contributed by atoms with Gasteiger partial charge in [0.2, 0.25) is 10.0 Å². The maximum absolute atomic E-state index is 11.1. The second-order valence-electron chi connectivity index (χ2n) is 4.73. The molecule has 1 aromatic carbocycles. The monoisotopic (exact) mass is 254 g/mol. The molecule has 0 unspecified atom stereocenters. The van der Waals surface area contributed by atoms with Crippen LogP contribution in [-0.2, 0) is 10.0 Å². The molecule has 94 valence electrons. The fraction of sp³-hybridized carbons (Fsp3) is 0.500. The number of anilines is 2. The summed E-state index contributed by atoms with van der Waals surface area (Å²) >= 11 is 0. The Balaban J connectivity index is 2.04. The molecule has 0 heterocycles. The number of rotatable bonds is 5. The summed E-state index contributed by atoms with van der Waals surface area (Å²) < 4.78 is 24.8. The van der Waals surface area contributed by atoms with Gasteiger partial charge in [-0.25, -0.2) is 8.42 Å². The summed E-state index contributed by atoms with van der Waals surface area (Å²) in [6, 6.07) is 5.67. The maximum atomic E-state index is 11.1. The summed E-state index contributed by atoms with van der Waals surface area (Å²) in [5.41, 5.74) is 2.62. The molecule has 17 heavy (non-hydrogen) atoms. The van der Waals surface area contributed by atoms with E-state index >= 15 is 0 Å². The summed E-state index contributed by atoms with van der Waals surface area (Å²) in [5, 5.41) is 3.36. The highest BCUT2D eigenvalue weighted by Gasteiger charge is 2.20. The maximum Gasteiger partial charge on any atom is 0.229 e. The lowest BCUT2D eigenvalue weighted by atomic mass is 10.2. The third-order valence-electron chi connectivity index (χ3n) is 2.81. The Labute approximate surface area is 102 Å². The molecule has 2 rings (SSSR count). The summed E-state index contributed by atoms with van der Waals surface area (Å²) in [6.45, 7) is 2.91. The van der Waals surface area contributed by atoms with Crippen LogP contribution < -0.4 is 10.0 Å². The van der Waals surface area contributed by atoms with E-state index < -0.39 is 10.0 Å². The number of hydrogen-bond acceptors (Lipinski definition) is 3. The van der Waals surface area contributed by atoms with E-state index in [1.807, 2.05) is 19.1 Å². The van der Waals surface area contributed by atoms with Crippen molar-refractivity contribution in [3.63, 3.8) is 0 Å². The Morgan fingerprint density at radius 1 is 1.35 bits per heavy atom. The second kappa shape index (κ2) is 4.56. The topological polar surface area (TPSA) is 58.2 Å². The van der Waals surface area contributed by atoms with Crippen LogP contribution in [0.3, 0.4) is 0 Å². The van der Waals surface area contributed by atoms with Crippen molar-refractivity contribution in [2.75, 3.05) is 22.8 Å². The van der Waals surface area contributed by atoms with E-state index in [9.17, 15) is 8.42 Å². The van der Waals surface area contributed by atoms with Crippen LogP contribution in [0.15, 0.2) is 18.2 Å². The number of sulfonamides is 1. The molecule has 1 fully saturated rings. The van der Waals surface area contributed by atoms with Gasteiger partial charge in [0.05, 0.1) is 11.9 Å². The van der Waals surface area contributed by atoms with Gasteiger partial charge in [-0.1, -0.05) is 0 Å². The quantitative estimate of drug-likeness (QED) is 0.846. The standard InChI is InChI=1S/C12H18N2O2S/c1-9-7-11(13-8-10-3-4-10)5-6-12(9)14-17(2,15)16/h5-7,10,13-14H,3-4,8H2,1-2H3. The molecule has 0 atom stereocenters. The van der Waals surface area contributed by atoms with E-state index in [2.05, 4.69) is 10.0 Å². The van der Waals surface area contributed by atoms with Gasteiger partial charge < -0.3 is 5.32 Å². The highest BCUT2D eigenvalue weighted by atomic mass is 32.2. The average molecular weight is 254 g/mol. The van der Waals surface area contributed by atoms with Gasteiger partial charge in [-0.05, 0) is 49.4 Å². The van der Waals surface area contributed by atoms with Crippen molar-refractivity contribution in [2.24, 2.45) is 5.92 Å². The summed E-state index contributed by atoms with van der Waals surface area (Å²) in [5.74, 6) is 0.823. The molecular formula is C12H18N2O2S. The molecule has 1 saturated carbocycles. The molecule has 0 amide bonds. The molecule has 1 aromatic rings. The molecule has 1 aliphatic rings. The molecule has 4 nitrogen and oxygen atoms in total. The lowest BCUT2D eigenvalue weighted by Gasteiger charge is -2.11. The predicted octanol–water partition coefficient (Wildman–Crippen LogP) is 2.19. The summed E-state index contributed by atoms with van der Waals surface area (Å²) in [4.78, 5) is 0. The van der Waals surface area contributed by atoms with Crippen LogP contribution in [-0.4, -0.2) is 21.2 Å². The normalized spacial score (nSPS) is 15.6. The molecule has 1 aliphatic carbocycles. The minimum absolute atomic E-state index is 0.643. The Hall–Kier alpha value is -1.23. The van der Waals surface area contributed by atoms with Crippen molar-refractivity contribution in [3.05, 3.63) is 23.8 Å². The van der Waals surface area contributed by atoms with Crippen LogP contribution in [0, 0.1) is 12.8 Å². The molecule has 5 heteroatoms. The lowest BCUT2D eigenvalue weighted by Crippen LogP contribution is -2.11. The molecule has 0 saturated heterocycles. The van der Waals surface area contributed by atoms with Crippen LogP contribution >= 0.6 is 0 Å². The van der Waals surface area contributed by atoms with Crippen LogP contribution in [0.4, 0.5) is 11.4 Å². The van der Waals surface area contributed by atoms with Gasteiger partial charge >= 0.3 is 0 Å². The minimum atomic E-state index is -3.20. The number of nitrogens with one attached hydrogen (secondary N) is 2. The third kappa shape index (κ3) is 3.93. The molecular weight excluding hydrogens is 236 g/mol. The SMILES string of the molecule is Cc1cc(NCC2CC2)ccc1NS(C)(=O)=O. The Morgan fingerprint density at radius 3 is 2.59 bits per heavy atom. The van der Waals surface area contributed by atoms with Crippen LogP contribution in [0.2, 0.25) is 0 Å². The largest absolute Gasteiger partial charge is 0.385 e. The third-order valence-corrected chi connectivity index (χ3v) is 3.40. The first kappa shape index (κ1) is 12.2. The van der Waals surface area contributed by atoms with Gasteiger partial charge in [0.15, 0.2) is 0 Å². The summed E-state index contributed by atoms with van der Waals surface area (Å²) in [6.07, 6.45) is 3.80. The van der Waals surface area contributed by atoms with Gasteiger partial charge in [0.1, 0.15) is 0 Å². The van der Waals surface area contributed by atoms with Gasteiger partial charge in [0.25, 0.3) is 0 Å². The van der Waals surface area contributed by atoms with E-state index in [1.54, 1.807) is 6.07 Å². The van der Waals surface area contributed by atoms with Crippen molar-refractivity contribution < 1.29 is 8.42 Å². The number of hydrogen-bond donors (Lipinski definition) is 2. The fourth-order valence-corrected chi connectivity index (χ4v) is 2.30. The predicted molar refractivity (Wildman–Crippen MR) is 70.9 cm³/mol. The highest BCUT2D eigenvalue weighted by Crippen LogP contribution is 2.29. The van der Waals surface area contributed by atoms with Gasteiger partial charge in [-0.15, -0.1) is 0 Å². The van der Waals surface area contributed by atoms with E-state index in [-0.39, 0.29) is 0 Å². The Kier molecular flexibility index (Phi) is 3.28. The van der Waals surface area contributed by atoms with E-state index in [0.29, 0.717) is 5.69 Å². The zero-order valence-corrected chi connectivity index (χ0v) is 11.0. The van der Waals surface area contributed by atoms with Crippen LogP contribution in [0.25, 0.3) is 0 Å². The molecule has 0 radical (unpaired) electrons. The first-order valence-electron chi connectivity index (χ1n) is 5.76. The number of aryl methyl sites for hydroxylation is 1. The van der Waals surface area contributed by atoms with Gasteiger partial charge in [0, 0.05) is 12.2 Å². The Bertz CT molecular complexity index is 507. The molecule has 0 bridgehead atoms.